The number of rotatable bonds is 7. The SMILES string of the molecule is Cc1ccc(C(=O)NCCCc2ccccc2Cl)cc1S(=O)(=O)N1CCCC1. The van der Waals surface area contributed by atoms with Gasteiger partial charge >= 0.3 is 0 Å². The zero-order valence-electron chi connectivity index (χ0n) is 15.9. The number of nitrogens with one attached hydrogen (secondary N) is 1. The number of halogens is 1. The van der Waals surface area contributed by atoms with Crippen LogP contribution in [-0.4, -0.2) is 38.3 Å². The summed E-state index contributed by atoms with van der Waals surface area (Å²) in [6.45, 7) is 3.33. The quantitative estimate of drug-likeness (QED) is 0.693. The summed E-state index contributed by atoms with van der Waals surface area (Å²) >= 11 is 6.14. The molecule has 1 N–H and O–H groups in total. The van der Waals surface area contributed by atoms with Crippen LogP contribution in [0.25, 0.3) is 0 Å². The zero-order valence-corrected chi connectivity index (χ0v) is 17.5. The van der Waals surface area contributed by atoms with Crippen LogP contribution < -0.4 is 5.32 Å². The first kappa shape index (κ1) is 20.8. The molecule has 0 saturated carbocycles. The van der Waals surface area contributed by atoms with E-state index in [4.69, 9.17) is 11.6 Å². The predicted octanol–water partition coefficient (Wildman–Crippen LogP) is 3.80. The van der Waals surface area contributed by atoms with Crippen LogP contribution in [0.4, 0.5) is 0 Å². The summed E-state index contributed by atoms with van der Waals surface area (Å²) in [5.41, 5.74) is 2.07. The lowest BCUT2D eigenvalue weighted by atomic mass is 10.1. The molecule has 1 fully saturated rings. The van der Waals surface area contributed by atoms with E-state index in [-0.39, 0.29) is 10.8 Å². The molecule has 0 unspecified atom stereocenters. The number of hydrogen-bond donors (Lipinski definition) is 1. The lowest BCUT2D eigenvalue weighted by Gasteiger charge is -2.18. The fourth-order valence-electron chi connectivity index (χ4n) is 3.37. The van der Waals surface area contributed by atoms with Crippen LogP contribution in [0, 0.1) is 6.92 Å². The van der Waals surface area contributed by atoms with Gasteiger partial charge in [-0.05, 0) is 61.9 Å². The molecule has 0 bridgehead atoms. The number of benzene rings is 2. The van der Waals surface area contributed by atoms with E-state index in [9.17, 15) is 13.2 Å². The summed E-state index contributed by atoms with van der Waals surface area (Å²) in [6.07, 6.45) is 3.27. The van der Waals surface area contributed by atoms with Gasteiger partial charge in [-0.1, -0.05) is 35.9 Å². The van der Waals surface area contributed by atoms with Gasteiger partial charge in [-0.3, -0.25) is 4.79 Å². The Balaban J connectivity index is 1.63. The van der Waals surface area contributed by atoms with E-state index in [1.54, 1.807) is 19.1 Å². The Morgan fingerprint density at radius 3 is 2.57 bits per heavy atom. The molecule has 2 aromatic rings. The molecule has 1 amide bonds. The molecule has 1 heterocycles. The van der Waals surface area contributed by atoms with Gasteiger partial charge in [0.25, 0.3) is 5.91 Å². The summed E-state index contributed by atoms with van der Waals surface area (Å²) in [6, 6.07) is 12.5. The average Bonchev–Trinajstić information content (AvgIpc) is 3.22. The van der Waals surface area contributed by atoms with Gasteiger partial charge in [0.1, 0.15) is 0 Å². The first-order chi connectivity index (χ1) is 13.4. The van der Waals surface area contributed by atoms with Crippen molar-refractivity contribution in [1.29, 1.82) is 0 Å². The fourth-order valence-corrected chi connectivity index (χ4v) is 5.37. The zero-order chi connectivity index (χ0) is 20.1. The van der Waals surface area contributed by atoms with Crippen molar-refractivity contribution < 1.29 is 13.2 Å². The second-order valence-electron chi connectivity index (χ2n) is 7.04. The monoisotopic (exact) mass is 420 g/mol. The minimum atomic E-state index is -3.55. The number of nitrogens with zero attached hydrogens (tertiary/aromatic N) is 1. The number of amides is 1. The van der Waals surface area contributed by atoms with E-state index < -0.39 is 10.0 Å². The van der Waals surface area contributed by atoms with E-state index in [1.165, 1.54) is 10.4 Å². The Kier molecular flexibility index (Phi) is 6.75. The van der Waals surface area contributed by atoms with Crippen molar-refractivity contribution in [2.45, 2.75) is 37.5 Å². The van der Waals surface area contributed by atoms with E-state index in [2.05, 4.69) is 5.32 Å². The number of sulfonamides is 1. The summed E-state index contributed by atoms with van der Waals surface area (Å²) in [5, 5.41) is 3.59. The molecule has 150 valence electrons. The molecule has 7 heteroatoms. The summed E-state index contributed by atoms with van der Waals surface area (Å²) in [4.78, 5) is 12.7. The summed E-state index contributed by atoms with van der Waals surface area (Å²) < 4.78 is 27.2. The summed E-state index contributed by atoms with van der Waals surface area (Å²) in [5.74, 6) is -0.267. The van der Waals surface area contributed by atoms with Crippen molar-refractivity contribution in [3.63, 3.8) is 0 Å². The molecule has 0 atom stereocenters. The van der Waals surface area contributed by atoms with Crippen LogP contribution in [0.1, 0.15) is 40.7 Å². The predicted molar refractivity (Wildman–Crippen MR) is 111 cm³/mol. The van der Waals surface area contributed by atoms with Crippen molar-refractivity contribution in [1.82, 2.24) is 9.62 Å². The average molecular weight is 421 g/mol. The first-order valence-electron chi connectivity index (χ1n) is 9.52. The Bertz CT molecular complexity index is 954. The second kappa shape index (κ2) is 9.07. The normalized spacial score (nSPS) is 14.9. The third kappa shape index (κ3) is 4.74. The maximum Gasteiger partial charge on any atom is 0.251 e. The van der Waals surface area contributed by atoms with Gasteiger partial charge in [-0.15, -0.1) is 0 Å². The highest BCUT2D eigenvalue weighted by Gasteiger charge is 2.29. The van der Waals surface area contributed by atoms with Crippen LogP contribution in [0.2, 0.25) is 5.02 Å². The van der Waals surface area contributed by atoms with Gasteiger partial charge in [-0.25, -0.2) is 8.42 Å². The van der Waals surface area contributed by atoms with Crippen LogP contribution in [0.15, 0.2) is 47.4 Å². The molecule has 5 nitrogen and oxygen atoms in total. The maximum atomic E-state index is 12.9. The molecule has 0 aliphatic carbocycles. The molecule has 0 aromatic heterocycles. The molecule has 2 aromatic carbocycles. The lowest BCUT2D eigenvalue weighted by Crippen LogP contribution is -2.29. The number of hydrogen-bond acceptors (Lipinski definition) is 3. The third-order valence-electron chi connectivity index (χ3n) is 5.00. The summed E-state index contributed by atoms with van der Waals surface area (Å²) in [7, 11) is -3.55. The fraction of sp³-hybridized carbons (Fsp3) is 0.381. The highest BCUT2D eigenvalue weighted by Crippen LogP contribution is 2.24. The van der Waals surface area contributed by atoms with Gasteiger partial charge in [0.2, 0.25) is 10.0 Å². The molecule has 0 radical (unpaired) electrons. The number of carbonyl (C=O) groups is 1. The van der Waals surface area contributed by atoms with E-state index in [0.717, 1.165) is 36.3 Å². The molecule has 0 spiro atoms. The molecular formula is C21H25ClN2O3S. The Labute approximate surface area is 171 Å². The van der Waals surface area contributed by atoms with E-state index >= 15 is 0 Å². The largest absolute Gasteiger partial charge is 0.352 e. The van der Waals surface area contributed by atoms with Crippen LogP contribution >= 0.6 is 11.6 Å². The molecule has 1 saturated heterocycles. The second-order valence-corrected chi connectivity index (χ2v) is 9.36. The lowest BCUT2D eigenvalue weighted by molar-refractivity contribution is 0.0953. The molecule has 3 rings (SSSR count). The van der Waals surface area contributed by atoms with Gasteiger partial charge in [0.15, 0.2) is 0 Å². The number of aryl methyl sites for hydroxylation is 2. The smallest absolute Gasteiger partial charge is 0.251 e. The minimum absolute atomic E-state index is 0.220. The molecule has 1 aliphatic heterocycles. The highest BCUT2D eigenvalue weighted by atomic mass is 35.5. The van der Waals surface area contributed by atoms with Gasteiger partial charge in [-0.2, -0.15) is 4.31 Å². The van der Waals surface area contributed by atoms with Crippen molar-refractivity contribution in [3.8, 4) is 0 Å². The maximum absolute atomic E-state index is 12.9. The third-order valence-corrected chi connectivity index (χ3v) is 7.41. The van der Waals surface area contributed by atoms with Crippen molar-refractivity contribution in [3.05, 3.63) is 64.2 Å². The molecule has 1 aliphatic rings. The van der Waals surface area contributed by atoms with Gasteiger partial charge in [0.05, 0.1) is 4.90 Å². The topological polar surface area (TPSA) is 66.5 Å². The van der Waals surface area contributed by atoms with E-state index in [1.807, 2.05) is 24.3 Å². The van der Waals surface area contributed by atoms with Crippen LogP contribution in [0.3, 0.4) is 0 Å². The van der Waals surface area contributed by atoms with Crippen molar-refractivity contribution in [2.75, 3.05) is 19.6 Å². The van der Waals surface area contributed by atoms with Crippen molar-refractivity contribution >= 4 is 27.5 Å². The van der Waals surface area contributed by atoms with Gasteiger partial charge < -0.3 is 5.32 Å². The highest BCUT2D eigenvalue weighted by molar-refractivity contribution is 7.89. The molecule has 28 heavy (non-hydrogen) atoms. The Morgan fingerprint density at radius 1 is 1.14 bits per heavy atom. The standard InChI is InChI=1S/C21H25ClN2O3S/c1-16-10-11-18(15-20(16)28(26,27)24-13-4-5-14-24)21(25)23-12-6-8-17-7-2-3-9-19(17)22/h2-3,7,9-11,15H,4-6,8,12-14H2,1H3,(H,23,25). The Hall–Kier alpha value is -1.89. The van der Waals surface area contributed by atoms with Crippen LogP contribution in [-0.2, 0) is 16.4 Å². The first-order valence-corrected chi connectivity index (χ1v) is 11.3. The molecular weight excluding hydrogens is 396 g/mol. The number of carbonyl (C=O) groups excluding carboxylic acids is 1. The van der Waals surface area contributed by atoms with E-state index in [0.29, 0.717) is 30.8 Å². The Morgan fingerprint density at radius 2 is 1.86 bits per heavy atom. The van der Waals surface area contributed by atoms with Crippen LogP contribution in [0.5, 0.6) is 0 Å². The minimum Gasteiger partial charge on any atom is -0.352 e. The van der Waals surface area contributed by atoms with Gasteiger partial charge in [0, 0.05) is 30.2 Å². The van der Waals surface area contributed by atoms with Crippen molar-refractivity contribution in [2.24, 2.45) is 0 Å².